The van der Waals surface area contributed by atoms with Crippen LogP contribution in [0.3, 0.4) is 0 Å². The molecule has 6 heteroatoms. The molecule has 0 aliphatic rings. The van der Waals surface area contributed by atoms with Gasteiger partial charge in [-0.1, -0.05) is 11.6 Å². The van der Waals surface area contributed by atoms with E-state index in [1.54, 1.807) is 18.4 Å². The van der Waals surface area contributed by atoms with E-state index in [1.165, 1.54) is 0 Å². The van der Waals surface area contributed by atoms with E-state index in [4.69, 9.17) is 16.3 Å². The Morgan fingerprint density at radius 3 is 3.20 bits per heavy atom. The van der Waals surface area contributed by atoms with Gasteiger partial charge in [0.05, 0.1) is 6.61 Å². The molecule has 0 bridgehead atoms. The second kappa shape index (κ2) is 4.74. The van der Waals surface area contributed by atoms with Crippen LogP contribution in [0.25, 0.3) is 10.2 Å². The van der Waals surface area contributed by atoms with Crippen LogP contribution in [0, 0.1) is 0 Å². The van der Waals surface area contributed by atoms with Crippen molar-refractivity contribution < 1.29 is 4.74 Å². The van der Waals surface area contributed by atoms with Crippen molar-refractivity contribution >= 4 is 39.1 Å². The van der Waals surface area contributed by atoms with Crippen molar-refractivity contribution in [3.8, 4) is 0 Å². The summed E-state index contributed by atoms with van der Waals surface area (Å²) in [5.41, 5.74) is 0. The number of nitrogens with one attached hydrogen (secondary N) is 1. The lowest BCUT2D eigenvalue weighted by Gasteiger charge is -2.04. The van der Waals surface area contributed by atoms with Crippen molar-refractivity contribution in [3.63, 3.8) is 0 Å². The highest BCUT2D eigenvalue weighted by Crippen LogP contribution is 2.25. The van der Waals surface area contributed by atoms with E-state index in [0.717, 1.165) is 10.2 Å². The standard InChI is InChI=1S/C9H10ClN3OS/c1-14-4-3-11-9-12-7(10)6-2-5-15-8(6)13-9/h2,5H,3-4H2,1H3,(H,11,12,13). The zero-order valence-electron chi connectivity index (χ0n) is 8.16. The number of fused-ring (bicyclic) bond motifs is 1. The van der Waals surface area contributed by atoms with E-state index in [0.29, 0.717) is 24.3 Å². The van der Waals surface area contributed by atoms with Crippen LogP contribution in [0.2, 0.25) is 5.15 Å². The van der Waals surface area contributed by atoms with Gasteiger partial charge in [0.25, 0.3) is 0 Å². The van der Waals surface area contributed by atoms with Gasteiger partial charge in [-0.15, -0.1) is 11.3 Å². The fraction of sp³-hybridized carbons (Fsp3) is 0.333. The largest absolute Gasteiger partial charge is 0.383 e. The maximum Gasteiger partial charge on any atom is 0.225 e. The van der Waals surface area contributed by atoms with E-state index in [1.807, 2.05) is 11.4 Å². The van der Waals surface area contributed by atoms with Gasteiger partial charge < -0.3 is 10.1 Å². The first-order valence-corrected chi connectivity index (χ1v) is 5.70. The van der Waals surface area contributed by atoms with Crippen molar-refractivity contribution in [2.45, 2.75) is 0 Å². The Bertz CT molecular complexity index is 460. The summed E-state index contributed by atoms with van der Waals surface area (Å²) in [7, 11) is 1.65. The molecule has 0 unspecified atom stereocenters. The van der Waals surface area contributed by atoms with Gasteiger partial charge in [0.2, 0.25) is 5.95 Å². The third-order valence-electron chi connectivity index (χ3n) is 1.87. The van der Waals surface area contributed by atoms with Gasteiger partial charge in [0, 0.05) is 19.0 Å². The van der Waals surface area contributed by atoms with Gasteiger partial charge in [-0.25, -0.2) is 9.97 Å². The van der Waals surface area contributed by atoms with Crippen LogP contribution < -0.4 is 5.32 Å². The van der Waals surface area contributed by atoms with Crippen LogP contribution in [-0.4, -0.2) is 30.2 Å². The predicted octanol–water partition coefficient (Wildman–Crippen LogP) is 2.40. The smallest absolute Gasteiger partial charge is 0.225 e. The third-order valence-corrected chi connectivity index (χ3v) is 2.96. The molecule has 0 radical (unpaired) electrons. The summed E-state index contributed by atoms with van der Waals surface area (Å²) in [6, 6.07) is 1.92. The van der Waals surface area contributed by atoms with Gasteiger partial charge >= 0.3 is 0 Å². The first-order chi connectivity index (χ1) is 7.31. The van der Waals surface area contributed by atoms with Gasteiger partial charge in [0.1, 0.15) is 9.98 Å². The minimum Gasteiger partial charge on any atom is -0.383 e. The van der Waals surface area contributed by atoms with Gasteiger partial charge in [-0.3, -0.25) is 0 Å². The number of halogens is 1. The summed E-state index contributed by atoms with van der Waals surface area (Å²) < 4.78 is 4.92. The summed E-state index contributed by atoms with van der Waals surface area (Å²) in [6.07, 6.45) is 0. The topological polar surface area (TPSA) is 47.0 Å². The van der Waals surface area contributed by atoms with E-state index >= 15 is 0 Å². The number of aromatic nitrogens is 2. The number of methoxy groups -OCH3 is 1. The summed E-state index contributed by atoms with van der Waals surface area (Å²) in [4.78, 5) is 9.36. The zero-order chi connectivity index (χ0) is 10.7. The molecule has 0 saturated heterocycles. The Morgan fingerprint density at radius 1 is 1.53 bits per heavy atom. The summed E-state index contributed by atoms with van der Waals surface area (Å²) >= 11 is 7.55. The van der Waals surface area contributed by atoms with E-state index in [9.17, 15) is 0 Å². The summed E-state index contributed by atoms with van der Waals surface area (Å²) in [5, 5.41) is 6.38. The monoisotopic (exact) mass is 243 g/mol. The first-order valence-electron chi connectivity index (χ1n) is 4.45. The molecule has 4 nitrogen and oxygen atoms in total. The number of thiophene rings is 1. The maximum atomic E-state index is 6.00. The molecule has 0 aliphatic heterocycles. The molecule has 0 aliphatic carbocycles. The average Bonchev–Trinajstić information content (AvgIpc) is 2.66. The number of hydrogen-bond acceptors (Lipinski definition) is 5. The van der Waals surface area contributed by atoms with Crippen molar-refractivity contribution in [2.24, 2.45) is 0 Å². The Morgan fingerprint density at radius 2 is 2.40 bits per heavy atom. The number of ether oxygens (including phenoxy) is 1. The lowest BCUT2D eigenvalue weighted by molar-refractivity contribution is 0.210. The van der Waals surface area contributed by atoms with Crippen LogP contribution >= 0.6 is 22.9 Å². The van der Waals surface area contributed by atoms with E-state index in [2.05, 4.69) is 15.3 Å². The fourth-order valence-corrected chi connectivity index (χ4v) is 2.22. The third kappa shape index (κ3) is 2.37. The molecule has 0 aromatic carbocycles. The quantitative estimate of drug-likeness (QED) is 0.662. The zero-order valence-corrected chi connectivity index (χ0v) is 9.73. The molecular weight excluding hydrogens is 234 g/mol. The van der Waals surface area contributed by atoms with Crippen molar-refractivity contribution in [1.82, 2.24) is 9.97 Å². The first kappa shape index (κ1) is 10.6. The maximum absolute atomic E-state index is 6.00. The Kier molecular flexibility index (Phi) is 3.35. The Balaban J connectivity index is 2.21. The van der Waals surface area contributed by atoms with Gasteiger partial charge in [-0.05, 0) is 11.4 Å². The fourth-order valence-electron chi connectivity index (χ4n) is 1.16. The summed E-state index contributed by atoms with van der Waals surface area (Å²) in [6.45, 7) is 1.28. The molecule has 2 aromatic heterocycles. The lowest BCUT2D eigenvalue weighted by atomic mass is 10.4. The van der Waals surface area contributed by atoms with Crippen LogP contribution in [0.15, 0.2) is 11.4 Å². The van der Waals surface area contributed by atoms with Gasteiger partial charge in [0.15, 0.2) is 0 Å². The predicted molar refractivity (Wildman–Crippen MR) is 62.8 cm³/mol. The second-order valence-corrected chi connectivity index (χ2v) is 4.15. The molecule has 0 saturated carbocycles. The number of rotatable bonds is 4. The number of hydrogen-bond donors (Lipinski definition) is 1. The Hall–Kier alpha value is -0.910. The minimum atomic E-state index is 0.487. The molecule has 2 rings (SSSR count). The number of anilines is 1. The van der Waals surface area contributed by atoms with Crippen molar-refractivity contribution in [2.75, 3.05) is 25.6 Å². The van der Waals surface area contributed by atoms with E-state index in [-0.39, 0.29) is 0 Å². The molecule has 1 N–H and O–H groups in total. The van der Waals surface area contributed by atoms with Crippen LogP contribution in [0.5, 0.6) is 0 Å². The highest BCUT2D eigenvalue weighted by Gasteiger charge is 2.05. The minimum absolute atomic E-state index is 0.487. The Labute approximate surface area is 96.3 Å². The SMILES string of the molecule is COCCNc1nc(Cl)c2ccsc2n1. The molecule has 0 fully saturated rings. The van der Waals surface area contributed by atoms with Crippen molar-refractivity contribution in [3.05, 3.63) is 16.6 Å². The summed E-state index contributed by atoms with van der Waals surface area (Å²) in [5.74, 6) is 0.548. The highest BCUT2D eigenvalue weighted by molar-refractivity contribution is 7.16. The molecule has 80 valence electrons. The second-order valence-electron chi connectivity index (χ2n) is 2.90. The number of nitrogens with zero attached hydrogens (tertiary/aromatic N) is 2. The average molecular weight is 244 g/mol. The lowest BCUT2D eigenvalue weighted by Crippen LogP contribution is -2.10. The molecule has 0 amide bonds. The molecule has 0 atom stereocenters. The molecular formula is C9H10ClN3OS. The molecule has 15 heavy (non-hydrogen) atoms. The molecule has 0 spiro atoms. The van der Waals surface area contributed by atoms with Crippen LogP contribution in [-0.2, 0) is 4.74 Å². The normalized spacial score (nSPS) is 10.8. The van der Waals surface area contributed by atoms with Crippen LogP contribution in [0.1, 0.15) is 0 Å². The van der Waals surface area contributed by atoms with Crippen LogP contribution in [0.4, 0.5) is 5.95 Å². The van der Waals surface area contributed by atoms with E-state index < -0.39 is 0 Å². The van der Waals surface area contributed by atoms with Gasteiger partial charge in [-0.2, -0.15) is 0 Å². The molecule has 2 heterocycles. The molecule has 2 aromatic rings. The highest BCUT2D eigenvalue weighted by atomic mass is 35.5. The van der Waals surface area contributed by atoms with Crippen molar-refractivity contribution in [1.29, 1.82) is 0 Å².